The Morgan fingerprint density at radius 2 is 1.43 bits per heavy atom. The fraction of sp³-hybridized carbons (Fsp3) is 0.111. The maximum atomic E-state index is 5.86. The first-order valence-electron chi connectivity index (χ1n) is 6.95. The van der Waals surface area contributed by atoms with Gasteiger partial charge in [0.1, 0.15) is 11.3 Å². The van der Waals surface area contributed by atoms with Crippen molar-refractivity contribution in [1.29, 1.82) is 0 Å². The molecule has 0 amide bonds. The summed E-state index contributed by atoms with van der Waals surface area (Å²) in [6.45, 7) is 4.17. The topological polar surface area (TPSA) is 38.9 Å². The zero-order chi connectivity index (χ0) is 14.4. The van der Waals surface area contributed by atoms with Gasteiger partial charge in [-0.05, 0) is 37.1 Å². The Labute approximate surface area is 122 Å². The number of fused-ring (bicyclic) bond motifs is 2. The number of nitrogens with zero attached hydrogens (tertiary/aromatic N) is 2. The number of hydrogen-bond donors (Lipinski definition) is 0. The van der Waals surface area contributed by atoms with Crippen LogP contribution in [0.4, 0.5) is 0 Å². The minimum Gasteiger partial charge on any atom is -0.436 e. The van der Waals surface area contributed by atoms with Crippen LogP contribution in [0.1, 0.15) is 11.1 Å². The fourth-order valence-corrected chi connectivity index (χ4v) is 2.48. The highest BCUT2D eigenvalue weighted by Gasteiger charge is 2.10. The number of aryl methyl sites for hydroxylation is 2. The van der Waals surface area contributed by atoms with E-state index in [2.05, 4.69) is 35.9 Å². The van der Waals surface area contributed by atoms with Crippen molar-refractivity contribution in [2.45, 2.75) is 13.8 Å². The van der Waals surface area contributed by atoms with E-state index in [9.17, 15) is 0 Å². The van der Waals surface area contributed by atoms with Crippen molar-refractivity contribution in [3.63, 3.8) is 0 Å². The summed E-state index contributed by atoms with van der Waals surface area (Å²) < 4.78 is 5.86. The molecule has 0 spiro atoms. The van der Waals surface area contributed by atoms with Gasteiger partial charge in [-0.2, -0.15) is 0 Å². The molecule has 0 N–H and O–H groups in total. The van der Waals surface area contributed by atoms with Crippen LogP contribution in [0.15, 0.2) is 52.9 Å². The van der Waals surface area contributed by atoms with Crippen LogP contribution in [0.3, 0.4) is 0 Å². The Balaban J connectivity index is 1.97. The summed E-state index contributed by atoms with van der Waals surface area (Å²) in [5, 5.41) is 0. The largest absolute Gasteiger partial charge is 0.436 e. The van der Waals surface area contributed by atoms with E-state index in [1.165, 1.54) is 11.1 Å². The van der Waals surface area contributed by atoms with Gasteiger partial charge in [0.15, 0.2) is 0 Å². The average molecular weight is 274 g/mol. The van der Waals surface area contributed by atoms with Crippen molar-refractivity contribution < 1.29 is 4.42 Å². The minimum atomic E-state index is 0.588. The first-order valence-corrected chi connectivity index (χ1v) is 6.95. The maximum absolute atomic E-state index is 5.86. The molecule has 4 rings (SSSR count). The molecule has 0 aliphatic rings. The van der Waals surface area contributed by atoms with Crippen LogP contribution in [-0.4, -0.2) is 9.97 Å². The standard InChI is InChI=1S/C18H14N2O/c1-11-8-14-15(9-12(11)2)20-18-16(19-14)10-17(21-18)13-6-4-3-5-7-13/h3-10H,1-2H3. The Bertz CT molecular complexity index is 897. The second kappa shape index (κ2) is 4.42. The summed E-state index contributed by atoms with van der Waals surface area (Å²) in [7, 11) is 0. The molecule has 3 heteroatoms. The number of hydrogen-bond acceptors (Lipinski definition) is 3. The van der Waals surface area contributed by atoms with Crippen LogP contribution in [0, 0.1) is 13.8 Å². The fourth-order valence-electron chi connectivity index (χ4n) is 2.48. The smallest absolute Gasteiger partial charge is 0.246 e. The number of furan rings is 1. The van der Waals surface area contributed by atoms with Crippen LogP contribution in [0.2, 0.25) is 0 Å². The second-order valence-electron chi connectivity index (χ2n) is 5.32. The third-order valence-corrected chi connectivity index (χ3v) is 3.81. The summed E-state index contributed by atoms with van der Waals surface area (Å²) in [5.74, 6) is 0.800. The minimum absolute atomic E-state index is 0.588. The molecule has 0 aliphatic carbocycles. The molecule has 3 nitrogen and oxygen atoms in total. The summed E-state index contributed by atoms with van der Waals surface area (Å²) in [5.41, 5.74) is 6.64. The predicted octanol–water partition coefficient (Wildman–Crippen LogP) is 4.66. The first kappa shape index (κ1) is 12.1. The van der Waals surface area contributed by atoms with Gasteiger partial charge < -0.3 is 4.42 Å². The normalized spacial score (nSPS) is 11.3. The Morgan fingerprint density at radius 3 is 2.14 bits per heavy atom. The molecule has 0 atom stereocenters. The van der Waals surface area contributed by atoms with Gasteiger partial charge in [0.25, 0.3) is 0 Å². The van der Waals surface area contributed by atoms with Gasteiger partial charge in [0.05, 0.1) is 11.0 Å². The van der Waals surface area contributed by atoms with E-state index >= 15 is 0 Å². The van der Waals surface area contributed by atoms with E-state index in [4.69, 9.17) is 4.42 Å². The number of benzene rings is 2. The van der Waals surface area contributed by atoms with Crippen molar-refractivity contribution in [1.82, 2.24) is 9.97 Å². The van der Waals surface area contributed by atoms with Gasteiger partial charge in [-0.3, -0.25) is 0 Å². The van der Waals surface area contributed by atoms with Crippen LogP contribution in [0.25, 0.3) is 33.6 Å². The highest BCUT2D eigenvalue weighted by molar-refractivity contribution is 5.86. The van der Waals surface area contributed by atoms with Crippen LogP contribution >= 0.6 is 0 Å². The van der Waals surface area contributed by atoms with Crippen LogP contribution in [-0.2, 0) is 0 Å². The predicted molar refractivity (Wildman–Crippen MR) is 84.2 cm³/mol. The summed E-state index contributed by atoms with van der Waals surface area (Å²) >= 11 is 0. The van der Waals surface area contributed by atoms with Gasteiger partial charge in [-0.25, -0.2) is 9.97 Å². The van der Waals surface area contributed by atoms with Gasteiger partial charge in [-0.1, -0.05) is 30.3 Å². The molecule has 0 saturated heterocycles. The molecule has 21 heavy (non-hydrogen) atoms. The van der Waals surface area contributed by atoms with E-state index in [0.29, 0.717) is 5.71 Å². The van der Waals surface area contributed by atoms with Gasteiger partial charge in [-0.15, -0.1) is 0 Å². The molecule has 0 bridgehead atoms. The lowest BCUT2D eigenvalue weighted by molar-refractivity contribution is 0.619. The van der Waals surface area contributed by atoms with Gasteiger partial charge >= 0.3 is 0 Å². The molecule has 0 fully saturated rings. The van der Waals surface area contributed by atoms with Gasteiger partial charge in [0, 0.05) is 11.6 Å². The summed E-state index contributed by atoms with van der Waals surface area (Å²) in [6.07, 6.45) is 0. The SMILES string of the molecule is Cc1cc2nc3cc(-c4ccccc4)oc3nc2cc1C. The monoisotopic (exact) mass is 274 g/mol. The van der Waals surface area contributed by atoms with Crippen molar-refractivity contribution in [3.05, 3.63) is 59.7 Å². The van der Waals surface area contributed by atoms with E-state index in [1.807, 2.05) is 36.4 Å². The quantitative estimate of drug-likeness (QED) is 0.506. The maximum Gasteiger partial charge on any atom is 0.246 e. The van der Waals surface area contributed by atoms with E-state index in [0.717, 1.165) is 27.9 Å². The Morgan fingerprint density at radius 1 is 0.762 bits per heavy atom. The molecule has 0 aliphatic heterocycles. The molecule has 2 aromatic carbocycles. The first-order chi connectivity index (χ1) is 10.2. The van der Waals surface area contributed by atoms with E-state index in [-0.39, 0.29) is 0 Å². The highest BCUT2D eigenvalue weighted by Crippen LogP contribution is 2.27. The molecule has 2 aromatic heterocycles. The molecule has 2 heterocycles. The van der Waals surface area contributed by atoms with Gasteiger partial charge in [0.2, 0.25) is 5.71 Å². The summed E-state index contributed by atoms with van der Waals surface area (Å²) in [6, 6.07) is 16.1. The zero-order valence-electron chi connectivity index (χ0n) is 11.9. The summed E-state index contributed by atoms with van der Waals surface area (Å²) in [4.78, 5) is 9.27. The molecule has 0 unspecified atom stereocenters. The van der Waals surface area contributed by atoms with Crippen molar-refractivity contribution in [2.24, 2.45) is 0 Å². The molecular weight excluding hydrogens is 260 g/mol. The van der Waals surface area contributed by atoms with Crippen LogP contribution in [0.5, 0.6) is 0 Å². The lowest BCUT2D eigenvalue weighted by Crippen LogP contribution is -1.88. The molecular formula is C18H14N2O. The van der Waals surface area contributed by atoms with Crippen molar-refractivity contribution in [2.75, 3.05) is 0 Å². The second-order valence-corrected chi connectivity index (χ2v) is 5.32. The number of rotatable bonds is 1. The Kier molecular flexibility index (Phi) is 2.54. The number of aromatic nitrogens is 2. The highest BCUT2D eigenvalue weighted by atomic mass is 16.3. The third kappa shape index (κ3) is 1.98. The Hall–Kier alpha value is -2.68. The molecule has 0 saturated carbocycles. The molecule has 0 radical (unpaired) electrons. The third-order valence-electron chi connectivity index (χ3n) is 3.81. The lowest BCUT2D eigenvalue weighted by atomic mass is 10.1. The lowest BCUT2D eigenvalue weighted by Gasteiger charge is -2.01. The molecule has 102 valence electrons. The van der Waals surface area contributed by atoms with E-state index < -0.39 is 0 Å². The molecule has 4 aromatic rings. The zero-order valence-corrected chi connectivity index (χ0v) is 11.9. The van der Waals surface area contributed by atoms with Crippen molar-refractivity contribution in [3.8, 4) is 11.3 Å². The van der Waals surface area contributed by atoms with Crippen molar-refractivity contribution >= 4 is 22.3 Å². The average Bonchev–Trinajstić information content (AvgIpc) is 2.90. The van der Waals surface area contributed by atoms with Crippen LogP contribution < -0.4 is 0 Å². The van der Waals surface area contributed by atoms with E-state index in [1.54, 1.807) is 0 Å².